The molecule has 10 heteroatoms. The van der Waals surface area contributed by atoms with Gasteiger partial charge >= 0.3 is 0 Å². The lowest BCUT2D eigenvalue weighted by atomic mass is 10.1. The summed E-state index contributed by atoms with van der Waals surface area (Å²) in [7, 11) is 0. The summed E-state index contributed by atoms with van der Waals surface area (Å²) >= 11 is 14.0. The number of rotatable bonds is 10. The number of hydrogen-bond donors (Lipinski definition) is 0. The van der Waals surface area contributed by atoms with Crippen molar-refractivity contribution in [2.24, 2.45) is 0 Å². The first-order valence-electron chi connectivity index (χ1n) is 12.4. The molecule has 1 fully saturated rings. The second-order valence-electron chi connectivity index (χ2n) is 9.12. The smallest absolute Gasteiger partial charge is 0.269 e. The molecule has 4 rings (SSSR count). The van der Waals surface area contributed by atoms with Crippen LogP contribution in [-0.2, 0) is 11.3 Å². The zero-order chi connectivity index (χ0) is 27.1. The van der Waals surface area contributed by atoms with Gasteiger partial charge in [0.2, 0.25) is 0 Å². The van der Waals surface area contributed by atoms with Crippen molar-refractivity contribution in [3.8, 4) is 0 Å². The summed E-state index contributed by atoms with van der Waals surface area (Å²) in [4.78, 5) is 30.8. The van der Waals surface area contributed by atoms with Crippen LogP contribution in [0.5, 0.6) is 0 Å². The average Bonchev–Trinajstić information content (AvgIpc) is 2.90. The number of hydrogen-bond acceptors (Lipinski definition) is 6. The summed E-state index contributed by atoms with van der Waals surface area (Å²) < 4.78 is 5.44. The average molecular weight is 575 g/mol. The molecular weight excluding hydrogens is 545 g/mol. The first kappa shape index (κ1) is 28.4. The Balaban J connectivity index is 1.62. The zero-order valence-corrected chi connectivity index (χ0v) is 23.4. The number of aryl methyl sites for hydroxylation is 1. The van der Waals surface area contributed by atoms with E-state index in [9.17, 15) is 14.9 Å². The predicted octanol–water partition coefficient (Wildman–Crippen LogP) is 6.73. The van der Waals surface area contributed by atoms with E-state index in [1.165, 1.54) is 17.8 Å². The molecule has 0 aromatic heterocycles. The minimum Gasteiger partial charge on any atom is -0.379 e. The Kier molecular flexibility index (Phi) is 10.0. The fraction of sp³-hybridized carbons (Fsp3) is 0.321. The molecule has 0 spiro atoms. The first-order valence-corrected chi connectivity index (χ1v) is 13.9. The predicted molar refractivity (Wildman–Crippen MR) is 151 cm³/mol. The van der Waals surface area contributed by atoms with Gasteiger partial charge in [-0.15, -0.1) is 0 Å². The second kappa shape index (κ2) is 13.4. The molecule has 0 radical (unpaired) electrons. The molecular formula is C28H29Cl2N3O4S. The van der Waals surface area contributed by atoms with Crippen molar-refractivity contribution in [3.05, 3.63) is 97.5 Å². The van der Waals surface area contributed by atoms with E-state index in [-0.39, 0.29) is 23.2 Å². The Morgan fingerprint density at radius 3 is 2.50 bits per heavy atom. The standard InChI is InChI=1S/C28H29Cl2N3O4S/c1-20-3-7-24(8-4-20)38-27-10-6-23(33(35)36)17-21(27)19-32(12-2-11-31-13-15-37-16-14-31)28(34)25-9-5-22(29)18-26(25)30/h3-10,17-18H,2,11-16,19H2,1H3. The van der Waals surface area contributed by atoms with Crippen molar-refractivity contribution in [3.63, 3.8) is 0 Å². The Morgan fingerprint density at radius 1 is 1.08 bits per heavy atom. The summed E-state index contributed by atoms with van der Waals surface area (Å²) in [5.74, 6) is -0.244. The van der Waals surface area contributed by atoms with Crippen LogP contribution in [0.2, 0.25) is 10.0 Å². The number of non-ortho nitro benzene ring substituents is 1. The molecule has 0 N–H and O–H groups in total. The van der Waals surface area contributed by atoms with E-state index < -0.39 is 4.92 Å². The monoisotopic (exact) mass is 573 g/mol. The molecule has 1 heterocycles. The Bertz CT molecular complexity index is 1280. The number of ether oxygens (including phenoxy) is 1. The van der Waals surface area contributed by atoms with Gasteiger partial charge in [0.1, 0.15) is 0 Å². The lowest BCUT2D eigenvalue weighted by molar-refractivity contribution is -0.385. The number of nitro groups is 1. The van der Waals surface area contributed by atoms with Gasteiger partial charge in [0.25, 0.3) is 11.6 Å². The van der Waals surface area contributed by atoms with E-state index in [0.717, 1.165) is 41.4 Å². The third-order valence-corrected chi connectivity index (χ3v) is 7.99. The van der Waals surface area contributed by atoms with Gasteiger partial charge in [-0.2, -0.15) is 0 Å². The van der Waals surface area contributed by atoms with Gasteiger partial charge < -0.3 is 9.64 Å². The van der Waals surface area contributed by atoms with Crippen LogP contribution in [0.4, 0.5) is 5.69 Å². The van der Waals surface area contributed by atoms with E-state index in [2.05, 4.69) is 4.90 Å². The number of carbonyl (C=O) groups is 1. The maximum Gasteiger partial charge on any atom is 0.269 e. The van der Waals surface area contributed by atoms with E-state index in [1.807, 2.05) is 31.2 Å². The van der Waals surface area contributed by atoms with Crippen LogP contribution in [0.25, 0.3) is 0 Å². The molecule has 7 nitrogen and oxygen atoms in total. The van der Waals surface area contributed by atoms with E-state index in [1.54, 1.807) is 35.2 Å². The zero-order valence-electron chi connectivity index (χ0n) is 21.1. The van der Waals surface area contributed by atoms with Gasteiger partial charge in [0, 0.05) is 59.7 Å². The lowest BCUT2D eigenvalue weighted by Gasteiger charge is -2.29. The molecule has 0 aliphatic carbocycles. The summed E-state index contributed by atoms with van der Waals surface area (Å²) in [5, 5.41) is 12.3. The van der Waals surface area contributed by atoms with E-state index >= 15 is 0 Å². The molecule has 200 valence electrons. The molecule has 0 atom stereocenters. The summed E-state index contributed by atoms with van der Waals surface area (Å²) in [6, 6.07) is 17.7. The van der Waals surface area contributed by atoms with Gasteiger partial charge in [-0.3, -0.25) is 19.8 Å². The van der Waals surface area contributed by atoms with Gasteiger partial charge in [-0.25, -0.2) is 0 Å². The molecule has 1 amide bonds. The van der Waals surface area contributed by atoms with E-state index in [4.69, 9.17) is 27.9 Å². The molecule has 1 saturated heterocycles. The number of halogens is 2. The highest BCUT2D eigenvalue weighted by Crippen LogP contribution is 2.34. The third-order valence-electron chi connectivity index (χ3n) is 6.32. The van der Waals surface area contributed by atoms with Crippen LogP contribution in [0, 0.1) is 17.0 Å². The van der Waals surface area contributed by atoms with Gasteiger partial charge in [0.15, 0.2) is 0 Å². The molecule has 3 aromatic carbocycles. The third kappa shape index (κ3) is 7.71. The Hall–Kier alpha value is -2.62. The second-order valence-corrected chi connectivity index (χ2v) is 11.1. The highest BCUT2D eigenvalue weighted by molar-refractivity contribution is 7.99. The minimum atomic E-state index is -0.412. The van der Waals surface area contributed by atoms with Gasteiger partial charge in [-0.1, -0.05) is 52.7 Å². The maximum atomic E-state index is 13.7. The van der Waals surface area contributed by atoms with Gasteiger partial charge in [0.05, 0.1) is 28.7 Å². The van der Waals surface area contributed by atoms with Crippen molar-refractivity contribution in [1.82, 2.24) is 9.80 Å². The quantitative estimate of drug-likeness (QED) is 0.198. The van der Waals surface area contributed by atoms with E-state index in [0.29, 0.717) is 35.9 Å². The maximum absolute atomic E-state index is 13.7. The van der Waals surface area contributed by atoms with Crippen molar-refractivity contribution in [1.29, 1.82) is 0 Å². The summed E-state index contributed by atoms with van der Waals surface area (Å²) in [5.41, 5.74) is 2.18. The molecule has 38 heavy (non-hydrogen) atoms. The van der Waals surface area contributed by atoms with Crippen LogP contribution in [0.1, 0.15) is 27.9 Å². The number of nitrogens with zero attached hydrogens (tertiary/aromatic N) is 3. The van der Waals surface area contributed by atoms with Crippen molar-refractivity contribution in [2.45, 2.75) is 29.7 Å². The Labute approximate surface area is 236 Å². The number of carbonyl (C=O) groups excluding carboxylic acids is 1. The van der Waals surface area contributed by atoms with Crippen LogP contribution in [-0.4, -0.2) is 60.0 Å². The molecule has 0 saturated carbocycles. The highest BCUT2D eigenvalue weighted by atomic mass is 35.5. The van der Waals surface area contributed by atoms with Crippen molar-refractivity contribution in [2.75, 3.05) is 39.4 Å². The number of morpholine rings is 1. The molecule has 1 aliphatic heterocycles. The molecule has 3 aromatic rings. The SMILES string of the molecule is Cc1ccc(Sc2ccc([N+](=O)[O-])cc2CN(CCCN2CCOCC2)C(=O)c2ccc(Cl)cc2Cl)cc1. The van der Waals surface area contributed by atoms with Crippen molar-refractivity contribution < 1.29 is 14.5 Å². The summed E-state index contributed by atoms with van der Waals surface area (Å²) in [6.45, 7) is 6.64. The number of nitro benzene ring substituents is 1. The number of amides is 1. The van der Waals surface area contributed by atoms with Gasteiger partial charge in [-0.05, 0) is 55.3 Å². The Morgan fingerprint density at radius 2 is 1.82 bits per heavy atom. The fourth-order valence-electron chi connectivity index (χ4n) is 4.24. The fourth-order valence-corrected chi connectivity index (χ4v) is 5.64. The largest absolute Gasteiger partial charge is 0.379 e. The topological polar surface area (TPSA) is 75.9 Å². The molecule has 1 aliphatic rings. The minimum absolute atomic E-state index is 0.0153. The normalized spacial score (nSPS) is 13.9. The lowest BCUT2D eigenvalue weighted by Crippen LogP contribution is -2.39. The van der Waals surface area contributed by atoms with Crippen LogP contribution in [0.3, 0.4) is 0 Å². The van der Waals surface area contributed by atoms with Crippen molar-refractivity contribution >= 4 is 46.6 Å². The summed E-state index contributed by atoms with van der Waals surface area (Å²) in [6.07, 6.45) is 0.742. The van der Waals surface area contributed by atoms with Crippen LogP contribution < -0.4 is 0 Å². The van der Waals surface area contributed by atoms with Crippen LogP contribution in [0.15, 0.2) is 70.5 Å². The highest BCUT2D eigenvalue weighted by Gasteiger charge is 2.22. The number of benzene rings is 3. The molecule has 0 bridgehead atoms. The first-order chi connectivity index (χ1) is 18.3. The van der Waals surface area contributed by atoms with Crippen LogP contribution >= 0.6 is 35.0 Å². The molecule has 0 unspecified atom stereocenters.